The molecule has 0 aliphatic rings. The predicted octanol–water partition coefficient (Wildman–Crippen LogP) is 2.29. The predicted molar refractivity (Wildman–Crippen MR) is 59.8 cm³/mol. The quantitative estimate of drug-likeness (QED) is 0.386. The minimum atomic E-state index is -1.10. The molecule has 4 nitrogen and oxygen atoms in total. The van der Waals surface area contributed by atoms with Gasteiger partial charge in [0.05, 0.1) is 5.02 Å². The molecule has 1 aromatic rings. The molecule has 0 saturated carbocycles. The van der Waals surface area contributed by atoms with Crippen LogP contribution in [0.3, 0.4) is 0 Å². The van der Waals surface area contributed by atoms with Crippen molar-refractivity contribution in [3.63, 3.8) is 0 Å². The van der Waals surface area contributed by atoms with E-state index in [0.717, 1.165) is 5.56 Å². The van der Waals surface area contributed by atoms with Crippen molar-refractivity contribution in [1.82, 2.24) is 4.98 Å². The summed E-state index contributed by atoms with van der Waals surface area (Å²) in [6.07, 6.45) is 4.93. The van der Waals surface area contributed by atoms with Crippen LogP contribution in [0.2, 0.25) is 10.2 Å². The third kappa shape index (κ3) is 3.43. The van der Waals surface area contributed by atoms with Crippen molar-refractivity contribution >= 4 is 34.2 Å². The van der Waals surface area contributed by atoms with Crippen molar-refractivity contribution in [2.45, 2.75) is 6.54 Å². The number of hydrogen-bond acceptors (Lipinski definition) is 2. The van der Waals surface area contributed by atoms with E-state index >= 15 is 0 Å². The second-order valence-electron chi connectivity index (χ2n) is 2.70. The number of halogens is 2. The zero-order valence-corrected chi connectivity index (χ0v) is 10.1. The first-order valence-electron chi connectivity index (χ1n) is 3.87. The number of nitrogens with zero attached hydrogens (tertiary/aromatic N) is 3. The van der Waals surface area contributed by atoms with E-state index < -0.39 is 11.0 Å². The van der Waals surface area contributed by atoms with Gasteiger partial charge in [-0.1, -0.05) is 23.2 Å². The Balaban J connectivity index is 2.97. The normalized spacial score (nSPS) is 13.1. The topological polar surface area (TPSA) is 59.9 Å². The van der Waals surface area contributed by atoms with Crippen LogP contribution in [-0.4, -0.2) is 19.7 Å². The largest absolute Gasteiger partial charge is 0.467 e. The summed E-state index contributed by atoms with van der Waals surface area (Å²) in [6, 6.07) is 1.62. The summed E-state index contributed by atoms with van der Waals surface area (Å²) in [5.74, 6) is 0. The van der Waals surface area contributed by atoms with E-state index in [0.29, 0.717) is 5.02 Å². The van der Waals surface area contributed by atoms with Crippen molar-refractivity contribution in [2.75, 3.05) is 6.26 Å². The standard InChI is InChI=1S/C8H7Cl2N3OS/c1-15(14)13(5-11)4-6-2-7(9)8(10)12-3-6/h2-3H,4H2,1H3/p+1. The van der Waals surface area contributed by atoms with Gasteiger partial charge in [0.2, 0.25) is 0 Å². The molecule has 0 radical (unpaired) electrons. The van der Waals surface area contributed by atoms with E-state index in [1.807, 2.05) is 6.19 Å². The Hall–Kier alpha value is -0.670. The lowest BCUT2D eigenvalue weighted by atomic mass is 10.3. The maximum Gasteiger partial charge on any atom is 0.467 e. The van der Waals surface area contributed by atoms with Crippen LogP contribution in [0.4, 0.5) is 0 Å². The molecule has 0 amide bonds. The molecule has 1 N–H and O–H groups in total. The summed E-state index contributed by atoms with van der Waals surface area (Å²) >= 11 is 11.4. The maximum atomic E-state index is 9.25. The Morgan fingerprint density at radius 1 is 1.67 bits per heavy atom. The Morgan fingerprint density at radius 2 is 2.33 bits per heavy atom. The van der Waals surface area contributed by atoms with Gasteiger partial charge in [-0.05, 0) is 6.07 Å². The van der Waals surface area contributed by atoms with Gasteiger partial charge in [-0.2, -0.15) is 0 Å². The van der Waals surface area contributed by atoms with Crippen LogP contribution in [0, 0.1) is 11.5 Å². The van der Waals surface area contributed by atoms with Crippen molar-refractivity contribution in [3.8, 4) is 6.19 Å². The van der Waals surface area contributed by atoms with Gasteiger partial charge >= 0.3 is 6.19 Å². The molecule has 0 saturated heterocycles. The van der Waals surface area contributed by atoms with Crippen LogP contribution in [-0.2, 0) is 17.5 Å². The van der Waals surface area contributed by atoms with Gasteiger partial charge in [0.15, 0.2) is 5.26 Å². The minimum Gasteiger partial charge on any atom is -0.306 e. The highest BCUT2D eigenvalue weighted by atomic mass is 35.5. The third-order valence-corrected chi connectivity index (χ3v) is 3.14. The Morgan fingerprint density at radius 3 is 2.80 bits per heavy atom. The van der Waals surface area contributed by atoms with Gasteiger partial charge in [-0.3, -0.25) is 0 Å². The monoisotopic (exact) mass is 264 g/mol. The second-order valence-corrected chi connectivity index (χ2v) is 4.80. The minimum absolute atomic E-state index is 0.225. The fourth-order valence-corrected chi connectivity index (χ4v) is 1.65. The Bertz CT molecular complexity index is 452. The van der Waals surface area contributed by atoms with E-state index in [2.05, 4.69) is 4.98 Å². The lowest BCUT2D eigenvalue weighted by molar-refractivity contribution is -0.433. The molecular formula is C8H8Cl2N3OS+. The van der Waals surface area contributed by atoms with Crippen molar-refractivity contribution in [2.24, 2.45) is 0 Å². The van der Waals surface area contributed by atoms with Crippen molar-refractivity contribution in [1.29, 1.82) is 5.26 Å². The molecule has 1 aromatic heterocycles. The molecule has 1 heterocycles. The van der Waals surface area contributed by atoms with Crippen molar-refractivity contribution in [3.05, 3.63) is 28.0 Å². The highest BCUT2D eigenvalue weighted by Gasteiger charge is 2.08. The lowest BCUT2D eigenvalue weighted by Gasteiger charge is -2.00. The van der Waals surface area contributed by atoms with E-state index in [1.54, 1.807) is 6.07 Å². The molecule has 7 heteroatoms. The van der Waals surface area contributed by atoms with Crippen LogP contribution >= 0.6 is 23.2 Å². The average molecular weight is 265 g/mol. The van der Waals surface area contributed by atoms with Crippen LogP contribution in [0.5, 0.6) is 0 Å². The summed E-state index contributed by atoms with van der Waals surface area (Å²) in [4.78, 5) is 3.84. The molecule has 0 aliphatic heterocycles. The summed E-state index contributed by atoms with van der Waals surface area (Å²) in [5, 5.41) is 9.28. The molecule has 1 rings (SSSR count). The first-order chi connectivity index (χ1) is 7.04. The molecule has 1 atom stereocenters. The molecule has 0 spiro atoms. The van der Waals surface area contributed by atoms with E-state index in [4.69, 9.17) is 28.5 Å². The molecule has 0 aromatic carbocycles. The molecule has 0 aliphatic carbocycles. The van der Waals surface area contributed by atoms with E-state index in [-0.39, 0.29) is 11.7 Å². The van der Waals surface area contributed by atoms with E-state index in [9.17, 15) is 4.55 Å². The number of nitriles is 1. The zero-order chi connectivity index (χ0) is 11.4. The van der Waals surface area contributed by atoms with Gasteiger partial charge in [0.1, 0.15) is 22.7 Å². The summed E-state index contributed by atoms with van der Waals surface area (Å²) in [7, 11) is -1.10. The lowest BCUT2D eigenvalue weighted by Crippen LogP contribution is -2.09. The second kappa shape index (κ2) is 5.42. The van der Waals surface area contributed by atoms with Crippen LogP contribution in [0.15, 0.2) is 12.3 Å². The molecule has 1 unspecified atom stereocenters. The Kier molecular flexibility index (Phi) is 4.48. The summed E-state index contributed by atoms with van der Waals surface area (Å²) in [5.41, 5.74) is 0.722. The number of aromatic nitrogens is 1. The fourth-order valence-electron chi connectivity index (χ4n) is 0.901. The van der Waals surface area contributed by atoms with Gasteiger partial charge in [-0.15, -0.1) is 3.95 Å². The SMILES string of the molecule is CS(O)=[N+](C#N)Cc1cnc(Cl)c(Cl)c1. The molecule has 0 fully saturated rings. The molecule has 15 heavy (non-hydrogen) atoms. The Labute approximate surface area is 100.0 Å². The first kappa shape index (κ1) is 12.4. The highest BCUT2D eigenvalue weighted by Crippen LogP contribution is 2.19. The van der Waals surface area contributed by atoms with E-state index in [1.165, 1.54) is 16.4 Å². The van der Waals surface area contributed by atoms with Crippen LogP contribution in [0.1, 0.15) is 5.56 Å². The van der Waals surface area contributed by atoms with Gasteiger partial charge < -0.3 is 4.55 Å². The summed E-state index contributed by atoms with van der Waals surface area (Å²) in [6.45, 7) is 0.260. The van der Waals surface area contributed by atoms with Crippen LogP contribution < -0.4 is 0 Å². The van der Waals surface area contributed by atoms with Gasteiger partial charge in [-0.25, -0.2) is 4.98 Å². The zero-order valence-electron chi connectivity index (χ0n) is 7.81. The smallest absolute Gasteiger partial charge is 0.306 e. The molecule has 0 bridgehead atoms. The van der Waals surface area contributed by atoms with Gasteiger partial charge in [0, 0.05) is 18.0 Å². The van der Waals surface area contributed by atoms with Crippen LogP contribution in [0.25, 0.3) is 0 Å². The average Bonchev–Trinajstić information content (AvgIpc) is 2.19. The first-order valence-corrected chi connectivity index (χ1v) is 6.17. The number of pyridine rings is 1. The van der Waals surface area contributed by atoms with Gasteiger partial charge in [0.25, 0.3) is 0 Å². The number of rotatable bonds is 2. The van der Waals surface area contributed by atoms with Crippen molar-refractivity contribution < 1.29 is 8.50 Å². The number of hydrogen-bond donors (Lipinski definition) is 1. The molecule has 80 valence electrons. The molecular weight excluding hydrogens is 257 g/mol. The maximum absolute atomic E-state index is 9.25. The highest BCUT2D eigenvalue weighted by molar-refractivity contribution is 7.78. The fraction of sp³-hybridized carbons (Fsp3) is 0.250. The summed E-state index contributed by atoms with van der Waals surface area (Å²) < 4.78 is 10.5. The third-order valence-electron chi connectivity index (χ3n) is 1.61.